The van der Waals surface area contributed by atoms with E-state index in [-0.39, 0.29) is 24.4 Å². The van der Waals surface area contributed by atoms with E-state index in [9.17, 15) is 4.79 Å². The van der Waals surface area contributed by atoms with Crippen LogP contribution in [0.25, 0.3) is 0 Å². The molecule has 0 radical (unpaired) electrons. The van der Waals surface area contributed by atoms with Crippen LogP contribution in [0.3, 0.4) is 0 Å². The molecule has 0 aromatic carbocycles. The van der Waals surface area contributed by atoms with E-state index in [0.29, 0.717) is 15.3 Å². The number of hydrogen-bond acceptors (Lipinski definition) is 4. The highest BCUT2D eigenvalue weighted by atomic mass is 35.5. The summed E-state index contributed by atoms with van der Waals surface area (Å²) in [7, 11) is 0. The number of rotatable bonds is 5. The molecule has 0 spiro atoms. The van der Waals surface area contributed by atoms with Crippen molar-refractivity contribution in [1.82, 2.24) is 15.5 Å². The summed E-state index contributed by atoms with van der Waals surface area (Å²) in [4.78, 5) is 14.5. The van der Waals surface area contributed by atoms with Gasteiger partial charge in [0.2, 0.25) is 5.91 Å². The van der Waals surface area contributed by atoms with E-state index in [1.165, 1.54) is 17.8 Å². The minimum atomic E-state index is 0. The molecule has 1 aromatic rings. The Balaban J connectivity index is 0.00000208. The van der Waals surface area contributed by atoms with Crippen LogP contribution in [-0.2, 0) is 11.3 Å². The van der Waals surface area contributed by atoms with E-state index >= 15 is 0 Å². The molecule has 2 saturated heterocycles. The quantitative estimate of drug-likeness (QED) is 0.777. The third kappa shape index (κ3) is 5.23. The summed E-state index contributed by atoms with van der Waals surface area (Å²) in [5, 5.41) is 9.10. The number of thiophene rings is 1. The Morgan fingerprint density at radius 3 is 2.88 bits per heavy atom. The van der Waals surface area contributed by atoms with Crippen molar-refractivity contribution in [2.75, 3.05) is 26.2 Å². The highest BCUT2D eigenvalue weighted by molar-refractivity contribution is 7.15. The van der Waals surface area contributed by atoms with Crippen molar-refractivity contribution in [3.05, 3.63) is 20.3 Å². The second-order valence-corrected chi connectivity index (χ2v) is 8.35. The topological polar surface area (TPSA) is 44.4 Å². The number of nitrogens with zero attached hydrogens (tertiary/aromatic N) is 1. The molecular weight excluding hydrogens is 389 g/mol. The van der Waals surface area contributed by atoms with Gasteiger partial charge in [0.15, 0.2) is 0 Å². The smallest absolute Gasteiger partial charge is 0.237 e. The van der Waals surface area contributed by atoms with Gasteiger partial charge in [-0.05, 0) is 55.6 Å². The average Bonchev–Trinajstić information content (AvgIpc) is 3.19. The van der Waals surface area contributed by atoms with Crippen LogP contribution >= 0.6 is 46.9 Å². The van der Waals surface area contributed by atoms with Crippen molar-refractivity contribution in [3.63, 3.8) is 0 Å². The van der Waals surface area contributed by atoms with Gasteiger partial charge in [0.1, 0.15) is 4.34 Å². The van der Waals surface area contributed by atoms with Gasteiger partial charge in [-0.3, -0.25) is 9.69 Å². The molecule has 0 bridgehead atoms. The molecule has 136 valence electrons. The number of carbonyl (C=O) groups is 1. The lowest BCUT2D eigenvalue weighted by atomic mass is 9.97. The first kappa shape index (κ1) is 20.3. The molecule has 0 aliphatic carbocycles. The zero-order valence-corrected chi connectivity index (χ0v) is 16.7. The fourth-order valence-electron chi connectivity index (χ4n) is 3.44. The third-order valence-electron chi connectivity index (χ3n) is 4.70. The number of halogens is 3. The van der Waals surface area contributed by atoms with Crippen molar-refractivity contribution < 1.29 is 4.79 Å². The predicted octanol–water partition coefficient (Wildman–Crippen LogP) is 3.56. The average molecular weight is 413 g/mol. The van der Waals surface area contributed by atoms with Crippen molar-refractivity contribution >= 4 is 52.9 Å². The van der Waals surface area contributed by atoms with Crippen LogP contribution in [-0.4, -0.2) is 43.0 Å². The van der Waals surface area contributed by atoms with Crippen LogP contribution in [0.5, 0.6) is 0 Å². The second-order valence-electron chi connectivity index (χ2n) is 6.49. The molecule has 1 amide bonds. The monoisotopic (exact) mass is 411 g/mol. The lowest BCUT2D eigenvalue weighted by Crippen LogP contribution is -2.45. The van der Waals surface area contributed by atoms with Crippen LogP contribution in [0.4, 0.5) is 0 Å². The van der Waals surface area contributed by atoms with Gasteiger partial charge in [-0.2, -0.15) is 0 Å². The van der Waals surface area contributed by atoms with Gasteiger partial charge in [-0.15, -0.1) is 23.7 Å². The fourth-order valence-corrected chi connectivity index (χ4v) is 4.68. The molecule has 24 heavy (non-hydrogen) atoms. The van der Waals surface area contributed by atoms with Crippen LogP contribution in [0.1, 0.15) is 31.2 Å². The number of hydrogen-bond donors (Lipinski definition) is 2. The van der Waals surface area contributed by atoms with E-state index < -0.39 is 0 Å². The normalized spacial score (nSPS) is 24.6. The molecule has 3 rings (SSSR count). The molecular formula is C16H24Cl3N3OS. The minimum Gasteiger partial charge on any atom is -0.354 e. The Kier molecular flexibility index (Phi) is 8.11. The van der Waals surface area contributed by atoms with Crippen molar-refractivity contribution in [1.29, 1.82) is 0 Å². The van der Waals surface area contributed by atoms with Crippen molar-refractivity contribution in [2.24, 2.45) is 5.92 Å². The number of likely N-dealkylation sites (tertiary alicyclic amines) is 1. The zero-order chi connectivity index (χ0) is 16.2. The number of carbonyl (C=O) groups excluding carboxylic acids is 1. The lowest BCUT2D eigenvalue weighted by molar-refractivity contribution is -0.123. The number of nitrogens with one attached hydrogen (secondary N) is 2. The Hall–Kier alpha value is -0.0400. The summed E-state index contributed by atoms with van der Waals surface area (Å²) in [5.41, 5.74) is 1.11. The summed E-state index contributed by atoms with van der Waals surface area (Å²) < 4.78 is 0.673. The van der Waals surface area contributed by atoms with Crippen LogP contribution in [0.2, 0.25) is 9.36 Å². The summed E-state index contributed by atoms with van der Waals surface area (Å²) in [6, 6.07) is 0.0152. The van der Waals surface area contributed by atoms with Gasteiger partial charge in [-0.1, -0.05) is 23.2 Å². The maximum atomic E-state index is 12.1. The number of amides is 1. The molecule has 3 heterocycles. The maximum absolute atomic E-state index is 12.1. The summed E-state index contributed by atoms with van der Waals surface area (Å²) in [6.45, 7) is 4.65. The first-order valence-electron chi connectivity index (χ1n) is 8.28. The molecule has 0 saturated carbocycles. The van der Waals surface area contributed by atoms with Crippen molar-refractivity contribution in [2.45, 2.75) is 38.3 Å². The fraction of sp³-hybridized carbons (Fsp3) is 0.688. The Morgan fingerprint density at radius 2 is 2.21 bits per heavy atom. The molecule has 2 aliphatic heterocycles. The highest BCUT2D eigenvalue weighted by Crippen LogP contribution is 2.33. The van der Waals surface area contributed by atoms with Gasteiger partial charge in [-0.25, -0.2) is 0 Å². The van der Waals surface area contributed by atoms with E-state index in [4.69, 9.17) is 23.2 Å². The molecule has 8 heteroatoms. The summed E-state index contributed by atoms with van der Waals surface area (Å²) >= 11 is 13.8. The molecule has 2 unspecified atom stereocenters. The number of piperidine rings is 1. The second kappa shape index (κ2) is 9.60. The molecule has 4 nitrogen and oxygen atoms in total. The maximum Gasteiger partial charge on any atom is 0.237 e. The van der Waals surface area contributed by atoms with Crippen LogP contribution in [0.15, 0.2) is 5.38 Å². The van der Waals surface area contributed by atoms with Gasteiger partial charge >= 0.3 is 0 Å². The van der Waals surface area contributed by atoms with E-state index in [0.717, 1.165) is 57.5 Å². The molecule has 2 atom stereocenters. The highest BCUT2D eigenvalue weighted by Gasteiger charge is 2.25. The summed E-state index contributed by atoms with van der Waals surface area (Å²) in [5.74, 6) is 0.675. The predicted molar refractivity (Wildman–Crippen MR) is 104 cm³/mol. The van der Waals surface area contributed by atoms with Gasteiger partial charge in [0, 0.05) is 19.6 Å². The molecule has 2 N–H and O–H groups in total. The third-order valence-corrected chi connectivity index (χ3v) is 6.61. The Bertz CT molecular complexity index is 549. The SMILES string of the molecule is Cl.O=C(NCC1CCCN(Cc2csc(Cl)c2Cl)C1)C1CCCN1. The largest absolute Gasteiger partial charge is 0.354 e. The van der Waals surface area contributed by atoms with E-state index in [2.05, 4.69) is 15.5 Å². The van der Waals surface area contributed by atoms with E-state index in [1.807, 2.05) is 5.38 Å². The Labute approximate surface area is 163 Å². The van der Waals surface area contributed by atoms with Crippen LogP contribution in [0, 0.1) is 5.92 Å². The van der Waals surface area contributed by atoms with Crippen molar-refractivity contribution in [3.8, 4) is 0 Å². The Morgan fingerprint density at radius 1 is 1.38 bits per heavy atom. The van der Waals surface area contributed by atoms with Crippen LogP contribution < -0.4 is 10.6 Å². The lowest BCUT2D eigenvalue weighted by Gasteiger charge is -2.33. The van der Waals surface area contributed by atoms with E-state index in [1.54, 1.807) is 0 Å². The first-order chi connectivity index (χ1) is 11.1. The van der Waals surface area contributed by atoms with Gasteiger partial charge in [0.05, 0.1) is 11.1 Å². The molecule has 2 aliphatic rings. The zero-order valence-electron chi connectivity index (χ0n) is 13.5. The minimum absolute atomic E-state index is 0. The summed E-state index contributed by atoms with van der Waals surface area (Å²) in [6.07, 6.45) is 4.39. The standard InChI is InChI=1S/C16H23Cl2N3OS.ClH/c17-14-12(10-23-15(14)18)9-21-6-2-3-11(8-21)7-20-16(22)13-4-1-5-19-13;/h10-11,13,19H,1-9H2,(H,20,22);1H. The first-order valence-corrected chi connectivity index (χ1v) is 9.92. The molecule has 2 fully saturated rings. The van der Waals surface area contributed by atoms with Gasteiger partial charge in [0.25, 0.3) is 0 Å². The van der Waals surface area contributed by atoms with Gasteiger partial charge < -0.3 is 10.6 Å². The molecule has 1 aromatic heterocycles.